The Labute approximate surface area is 161 Å². The van der Waals surface area contributed by atoms with Gasteiger partial charge in [-0.1, -0.05) is 30.3 Å². The van der Waals surface area contributed by atoms with Crippen LogP contribution in [-0.2, 0) is 11.2 Å². The molecule has 1 aromatic heterocycles. The molecule has 0 aliphatic carbocycles. The SMILES string of the molecule is C=CCNC(=O)c1ccccc1NC(=O)CCc1nc2ccccc2c(=O)[nH]1. The molecule has 0 saturated heterocycles. The van der Waals surface area contributed by atoms with Gasteiger partial charge in [0.1, 0.15) is 5.82 Å². The summed E-state index contributed by atoms with van der Waals surface area (Å²) in [6.45, 7) is 3.90. The lowest BCUT2D eigenvalue weighted by molar-refractivity contribution is -0.116. The molecule has 0 radical (unpaired) electrons. The van der Waals surface area contributed by atoms with Gasteiger partial charge in [0.25, 0.3) is 11.5 Å². The number of hydrogen-bond acceptors (Lipinski definition) is 4. The molecule has 0 unspecified atom stereocenters. The molecule has 0 aliphatic heterocycles. The second-order valence-electron chi connectivity index (χ2n) is 6.12. The number of benzene rings is 2. The molecule has 0 spiro atoms. The van der Waals surface area contributed by atoms with Gasteiger partial charge in [-0.3, -0.25) is 14.4 Å². The Bertz CT molecular complexity index is 1090. The Kier molecular flexibility index (Phi) is 5.96. The fraction of sp³-hybridized carbons (Fsp3) is 0.143. The van der Waals surface area contributed by atoms with Crippen molar-refractivity contribution in [3.63, 3.8) is 0 Å². The highest BCUT2D eigenvalue weighted by Crippen LogP contribution is 2.15. The molecule has 0 aliphatic rings. The number of carbonyl (C=O) groups is 2. The zero-order valence-electron chi connectivity index (χ0n) is 15.2. The van der Waals surface area contributed by atoms with Gasteiger partial charge in [-0.05, 0) is 24.3 Å². The minimum atomic E-state index is -0.295. The van der Waals surface area contributed by atoms with Gasteiger partial charge in [-0.15, -0.1) is 6.58 Å². The minimum absolute atomic E-state index is 0.115. The van der Waals surface area contributed by atoms with Gasteiger partial charge in [0.15, 0.2) is 0 Å². The third-order valence-electron chi connectivity index (χ3n) is 4.10. The van der Waals surface area contributed by atoms with Crippen LogP contribution in [0.25, 0.3) is 10.9 Å². The van der Waals surface area contributed by atoms with Crippen molar-refractivity contribution in [2.24, 2.45) is 0 Å². The summed E-state index contributed by atoms with van der Waals surface area (Å²) in [5.74, 6) is -0.132. The Hall–Kier alpha value is -3.74. The van der Waals surface area contributed by atoms with Gasteiger partial charge in [0.2, 0.25) is 5.91 Å². The quantitative estimate of drug-likeness (QED) is 0.551. The molecular formula is C21H20N4O3. The number of rotatable bonds is 7. The number of aryl methyl sites for hydroxylation is 1. The second kappa shape index (κ2) is 8.77. The number of para-hydroxylation sites is 2. The third kappa shape index (κ3) is 4.50. The Morgan fingerprint density at radius 3 is 2.68 bits per heavy atom. The predicted molar refractivity (Wildman–Crippen MR) is 108 cm³/mol. The van der Waals surface area contributed by atoms with Gasteiger partial charge in [-0.25, -0.2) is 4.98 Å². The van der Waals surface area contributed by atoms with Crippen LogP contribution < -0.4 is 16.2 Å². The van der Waals surface area contributed by atoms with Crippen LogP contribution in [0.4, 0.5) is 5.69 Å². The average molecular weight is 376 g/mol. The maximum Gasteiger partial charge on any atom is 0.258 e. The molecule has 142 valence electrons. The van der Waals surface area contributed by atoms with Crippen LogP contribution in [0.15, 0.2) is 66.0 Å². The summed E-state index contributed by atoms with van der Waals surface area (Å²) in [5.41, 5.74) is 1.15. The number of nitrogens with zero attached hydrogens (tertiary/aromatic N) is 1. The van der Waals surface area contributed by atoms with Crippen LogP contribution in [-0.4, -0.2) is 28.3 Å². The van der Waals surface area contributed by atoms with Gasteiger partial charge >= 0.3 is 0 Å². The number of H-pyrrole nitrogens is 1. The fourth-order valence-corrected chi connectivity index (χ4v) is 2.75. The highest BCUT2D eigenvalue weighted by molar-refractivity contribution is 6.03. The Morgan fingerprint density at radius 2 is 1.86 bits per heavy atom. The lowest BCUT2D eigenvalue weighted by atomic mass is 10.1. The molecular weight excluding hydrogens is 356 g/mol. The minimum Gasteiger partial charge on any atom is -0.349 e. The molecule has 3 N–H and O–H groups in total. The van der Waals surface area contributed by atoms with E-state index in [1.807, 2.05) is 0 Å². The molecule has 3 aromatic rings. The first-order valence-corrected chi connectivity index (χ1v) is 8.84. The summed E-state index contributed by atoms with van der Waals surface area (Å²) in [5, 5.41) is 5.94. The number of fused-ring (bicyclic) bond motifs is 1. The highest BCUT2D eigenvalue weighted by Gasteiger charge is 2.13. The zero-order chi connectivity index (χ0) is 19.9. The number of anilines is 1. The van der Waals surface area contributed by atoms with Crippen molar-refractivity contribution < 1.29 is 9.59 Å². The lowest BCUT2D eigenvalue weighted by Gasteiger charge is -2.11. The molecule has 28 heavy (non-hydrogen) atoms. The summed E-state index contributed by atoms with van der Waals surface area (Å²) in [6, 6.07) is 13.8. The van der Waals surface area contributed by atoms with Crippen LogP contribution in [0.2, 0.25) is 0 Å². The Balaban J connectivity index is 1.68. The summed E-state index contributed by atoms with van der Waals surface area (Å²) >= 11 is 0. The van der Waals surface area contributed by atoms with Gasteiger partial charge < -0.3 is 15.6 Å². The third-order valence-corrected chi connectivity index (χ3v) is 4.10. The molecule has 0 saturated carbocycles. The van der Waals surface area contributed by atoms with Crippen molar-refractivity contribution in [2.75, 3.05) is 11.9 Å². The van der Waals surface area contributed by atoms with E-state index in [0.29, 0.717) is 34.5 Å². The average Bonchev–Trinajstić information content (AvgIpc) is 2.71. The molecule has 0 atom stereocenters. The number of aromatic nitrogens is 2. The maximum absolute atomic E-state index is 12.3. The van der Waals surface area contributed by atoms with Gasteiger partial charge in [0, 0.05) is 19.4 Å². The van der Waals surface area contributed by atoms with E-state index < -0.39 is 0 Å². The smallest absolute Gasteiger partial charge is 0.258 e. The molecule has 3 rings (SSSR count). The fourth-order valence-electron chi connectivity index (χ4n) is 2.75. The molecule has 2 aromatic carbocycles. The predicted octanol–water partition coefficient (Wildman–Crippen LogP) is 2.41. The van der Waals surface area contributed by atoms with E-state index in [1.54, 1.807) is 54.6 Å². The van der Waals surface area contributed by atoms with Crippen molar-refractivity contribution in [3.05, 3.63) is 82.9 Å². The van der Waals surface area contributed by atoms with Crippen molar-refractivity contribution in [2.45, 2.75) is 12.8 Å². The molecule has 7 heteroatoms. The summed E-state index contributed by atoms with van der Waals surface area (Å²) in [4.78, 5) is 43.7. The van der Waals surface area contributed by atoms with Crippen LogP contribution in [0.3, 0.4) is 0 Å². The number of aromatic amines is 1. The maximum atomic E-state index is 12.3. The molecule has 0 fully saturated rings. The highest BCUT2D eigenvalue weighted by atomic mass is 16.2. The number of amides is 2. The van der Waals surface area contributed by atoms with E-state index in [9.17, 15) is 14.4 Å². The van der Waals surface area contributed by atoms with E-state index in [4.69, 9.17) is 0 Å². The molecule has 1 heterocycles. The van der Waals surface area contributed by atoms with Crippen LogP contribution in [0.5, 0.6) is 0 Å². The zero-order valence-corrected chi connectivity index (χ0v) is 15.2. The van der Waals surface area contributed by atoms with Crippen molar-refractivity contribution in [3.8, 4) is 0 Å². The molecule has 2 amide bonds. The van der Waals surface area contributed by atoms with Crippen molar-refractivity contribution in [1.82, 2.24) is 15.3 Å². The number of carbonyl (C=O) groups excluding carboxylic acids is 2. The summed E-state index contributed by atoms with van der Waals surface area (Å²) in [6.07, 6.45) is 1.97. The van der Waals surface area contributed by atoms with E-state index >= 15 is 0 Å². The first-order chi connectivity index (χ1) is 13.6. The van der Waals surface area contributed by atoms with E-state index in [1.165, 1.54) is 0 Å². The molecule has 7 nitrogen and oxygen atoms in total. The van der Waals surface area contributed by atoms with Crippen LogP contribution in [0, 0.1) is 0 Å². The summed E-state index contributed by atoms with van der Waals surface area (Å²) < 4.78 is 0. The van der Waals surface area contributed by atoms with Crippen LogP contribution in [0.1, 0.15) is 22.6 Å². The van der Waals surface area contributed by atoms with E-state index in [-0.39, 0.29) is 30.2 Å². The Morgan fingerprint density at radius 1 is 1.11 bits per heavy atom. The number of nitrogens with one attached hydrogen (secondary N) is 3. The van der Waals surface area contributed by atoms with Crippen LogP contribution >= 0.6 is 0 Å². The first kappa shape index (κ1) is 19.0. The first-order valence-electron chi connectivity index (χ1n) is 8.84. The van der Waals surface area contributed by atoms with E-state index in [2.05, 4.69) is 27.2 Å². The number of hydrogen-bond donors (Lipinski definition) is 3. The van der Waals surface area contributed by atoms with Gasteiger partial charge in [0.05, 0.1) is 22.2 Å². The lowest BCUT2D eigenvalue weighted by Crippen LogP contribution is -2.25. The summed E-state index contributed by atoms with van der Waals surface area (Å²) in [7, 11) is 0. The van der Waals surface area contributed by atoms with Crippen molar-refractivity contribution >= 4 is 28.4 Å². The largest absolute Gasteiger partial charge is 0.349 e. The molecule has 0 bridgehead atoms. The topological polar surface area (TPSA) is 104 Å². The normalized spacial score (nSPS) is 10.4. The van der Waals surface area contributed by atoms with E-state index in [0.717, 1.165) is 0 Å². The standard InChI is InChI=1S/C21H20N4O3/c1-2-13-22-20(27)14-7-3-6-10-17(14)24-19(26)12-11-18-23-16-9-5-4-8-15(16)21(28)25-18/h2-10H,1,11-13H2,(H,22,27)(H,24,26)(H,23,25,28). The second-order valence-corrected chi connectivity index (χ2v) is 6.12. The monoisotopic (exact) mass is 376 g/mol. The van der Waals surface area contributed by atoms with Crippen molar-refractivity contribution in [1.29, 1.82) is 0 Å². The van der Waals surface area contributed by atoms with Gasteiger partial charge in [-0.2, -0.15) is 0 Å².